The van der Waals surface area contributed by atoms with Gasteiger partial charge in [0.25, 0.3) is 0 Å². The summed E-state index contributed by atoms with van der Waals surface area (Å²) in [5.74, 6) is 0.0892. The average Bonchev–Trinajstić information content (AvgIpc) is 3.19. The van der Waals surface area contributed by atoms with Gasteiger partial charge in [0.1, 0.15) is 0 Å². The van der Waals surface area contributed by atoms with Crippen LogP contribution in [0.3, 0.4) is 0 Å². The van der Waals surface area contributed by atoms with E-state index in [1.54, 1.807) is 6.08 Å². The summed E-state index contributed by atoms with van der Waals surface area (Å²) in [6.45, 7) is 2.41. The van der Waals surface area contributed by atoms with E-state index >= 15 is 0 Å². The maximum atomic E-state index is 12.1. The van der Waals surface area contributed by atoms with Crippen LogP contribution < -0.4 is 0 Å². The fourth-order valence-corrected chi connectivity index (χ4v) is 2.97. The largest absolute Gasteiger partial charge is 0.346 e. The normalized spacial score (nSPS) is 14.8. The molecule has 112 valence electrons. The summed E-state index contributed by atoms with van der Waals surface area (Å²) in [4.78, 5) is 14.0. The number of hydrogen-bond acceptors (Lipinski definition) is 2. The van der Waals surface area contributed by atoms with Gasteiger partial charge in [-0.05, 0) is 25.0 Å². The Morgan fingerprint density at radius 1 is 1.27 bits per heavy atom. The Labute approximate surface area is 130 Å². The maximum Gasteiger partial charge on any atom is 0.246 e. The first-order valence-corrected chi connectivity index (χ1v) is 7.71. The van der Waals surface area contributed by atoms with Gasteiger partial charge >= 0.3 is 0 Å². The summed E-state index contributed by atoms with van der Waals surface area (Å²) in [5.41, 5.74) is 2.13. The Hall–Kier alpha value is -2.54. The van der Waals surface area contributed by atoms with Gasteiger partial charge in [-0.15, -0.1) is 0 Å². The molecule has 0 spiro atoms. The number of aromatic nitrogens is 1. The van der Waals surface area contributed by atoms with Crippen LogP contribution in [0.25, 0.3) is 17.0 Å². The molecule has 2 aromatic rings. The quantitative estimate of drug-likeness (QED) is 0.813. The Bertz CT molecular complexity index is 745. The molecular weight excluding hydrogens is 274 g/mol. The maximum absolute atomic E-state index is 12.1. The second-order valence-electron chi connectivity index (χ2n) is 5.57. The molecule has 1 aromatic carbocycles. The second-order valence-corrected chi connectivity index (χ2v) is 5.57. The van der Waals surface area contributed by atoms with Crippen molar-refractivity contribution in [3.8, 4) is 6.07 Å². The molecule has 2 heterocycles. The number of rotatable bonds is 4. The lowest BCUT2D eigenvalue weighted by atomic mass is 10.1. The van der Waals surface area contributed by atoms with E-state index < -0.39 is 0 Å². The molecule has 0 N–H and O–H groups in total. The molecule has 1 saturated heterocycles. The molecule has 4 nitrogen and oxygen atoms in total. The van der Waals surface area contributed by atoms with Crippen molar-refractivity contribution in [3.05, 3.63) is 42.1 Å². The van der Waals surface area contributed by atoms with Crippen molar-refractivity contribution >= 4 is 22.9 Å². The summed E-state index contributed by atoms with van der Waals surface area (Å²) < 4.78 is 2.08. The third-order valence-corrected chi connectivity index (χ3v) is 4.11. The molecule has 0 radical (unpaired) electrons. The lowest BCUT2D eigenvalue weighted by Gasteiger charge is -2.11. The van der Waals surface area contributed by atoms with E-state index in [0.29, 0.717) is 13.0 Å². The summed E-state index contributed by atoms with van der Waals surface area (Å²) >= 11 is 0. The highest BCUT2D eigenvalue weighted by Gasteiger charge is 2.15. The zero-order valence-corrected chi connectivity index (χ0v) is 12.5. The molecule has 3 rings (SSSR count). The fourth-order valence-electron chi connectivity index (χ4n) is 2.97. The molecule has 1 fully saturated rings. The number of likely N-dealkylation sites (tertiary alicyclic amines) is 1. The summed E-state index contributed by atoms with van der Waals surface area (Å²) in [6, 6.07) is 10.3. The monoisotopic (exact) mass is 293 g/mol. The van der Waals surface area contributed by atoms with Gasteiger partial charge in [0.05, 0.1) is 12.5 Å². The molecule has 0 bridgehead atoms. The number of nitriles is 1. The summed E-state index contributed by atoms with van der Waals surface area (Å²) in [6.07, 6.45) is 8.28. The molecule has 1 amide bonds. The van der Waals surface area contributed by atoms with Gasteiger partial charge in [-0.1, -0.05) is 18.2 Å². The van der Waals surface area contributed by atoms with E-state index in [1.165, 1.54) is 0 Å². The van der Waals surface area contributed by atoms with Crippen LogP contribution in [0.5, 0.6) is 0 Å². The van der Waals surface area contributed by atoms with Gasteiger partial charge in [0, 0.05) is 48.4 Å². The number of amides is 1. The van der Waals surface area contributed by atoms with Gasteiger partial charge in [0.2, 0.25) is 5.91 Å². The standard InChI is InChI=1S/C18H19N3O/c19-10-5-13-21-14-15(16-6-1-2-7-17(16)21)8-9-18(22)20-11-3-4-12-20/h1-2,6-9,14H,3-5,11-13H2/b9-8+. The van der Waals surface area contributed by atoms with Crippen LogP contribution in [0.4, 0.5) is 0 Å². The summed E-state index contributed by atoms with van der Waals surface area (Å²) in [5, 5.41) is 9.89. The lowest BCUT2D eigenvalue weighted by Crippen LogP contribution is -2.25. The minimum atomic E-state index is 0.0892. The number of carbonyl (C=O) groups is 1. The van der Waals surface area contributed by atoms with Crippen molar-refractivity contribution in [2.75, 3.05) is 13.1 Å². The van der Waals surface area contributed by atoms with Crippen molar-refractivity contribution in [1.29, 1.82) is 5.26 Å². The van der Waals surface area contributed by atoms with Gasteiger partial charge < -0.3 is 9.47 Å². The van der Waals surface area contributed by atoms with Crippen molar-refractivity contribution < 1.29 is 4.79 Å². The van der Waals surface area contributed by atoms with E-state index in [2.05, 4.69) is 16.7 Å². The van der Waals surface area contributed by atoms with Gasteiger partial charge in [-0.3, -0.25) is 4.79 Å². The van der Waals surface area contributed by atoms with Gasteiger partial charge in [0.15, 0.2) is 0 Å². The van der Waals surface area contributed by atoms with Crippen LogP contribution in [0.15, 0.2) is 36.5 Å². The van der Waals surface area contributed by atoms with Crippen LogP contribution in [0, 0.1) is 11.3 Å². The lowest BCUT2D eigenvalue weighted by molar-refractivity contribution is -0.124. The van der Waals surface area contributed by atoms with Gasteiger partial charge in [-0.25, -0.2) is 0 Å². The second kappa shape index (κ2) is 6.48. The first-order valence-electron chi connectivity index (χ1n) is 7.71. The predicted molar refractivity (Wildman–Crippen MR) is 87.0 cm³/mol. The molecule has 4 heteroatoms. The highest BCUT2D eigenvalue weighted by atomic mass is 16.2. The number of hydrogen-bond donors (Lipinski definition) is 0. The third kappa shape index (κ3) is 2.89. The first kappa shape index (κ1) is 14.4. The average molecular weight is 293 g/mol. The van der Waals surface area contributed by atoms with Gasteiger partial charge in [-0.2, -0.15) is 5.26 Å². The smallest absolute Gasteiger partial charge is 0.246 e. The Kier molecular flexibility index (Phi) is 4.24. The van der Waals surface area contributed by atoms with E-state index in [9.17, 15) is 4.79 Å². The summed E-state index contributed by atoms with van der Waals surface area (Å²) in [7, 11) is 0. The predicted octanol–water partition coefficient (Wildman–Crippen LogP) is 3.19. The molecule has 0 saturated carbocycles. The minimum absolute atomic E-state index is 0.0892. The fraction of sp³-hybridized carbons (Fsp3) is 0.333. The molecule has 0 unspecified atom stereocenters. The van der Waals surface area contributed by atoms with E-state index in [4.69, 9.17) is 5.26 Å². The molecule has 1 aliphatic heterocycles. The van der Waals surface area contributed by atoms with E-state index in [0.717, 1.165) is 42.4 Å². The molecule has 0 atom stereocenters. The zero-order valence-electron chi connectivity index (χ0n) is 12.5. The van der Waals surface area contributed by atoms with Crippen LogP contribution in [-0.2, 0) is 11.3 Å². The Morgan fingerprint density at radius 2 is 2.05 bits per heavy atom. The SMILES string of the molecule is N#CCCn1cc(/C=C/C(=O)N2CCCC2)c2ccccc21. The number of aryl methyl sites for hydroxylation is 1. The first-order chi connectivity index (χ1) is 10.8. The number of benzene rings is 1. The van der Waals surface area contributed by atoms with E-state index in [-0.39, 0.29) is 5.91 Å². The van der Waals surface area contributed by atoms with Crippen LogP contribution >= 0.6 is 0 Å². The van der Waals surface area contributed by atoms with Crippen molar-refractivity contribution in [3.63, 3.8) is 0 Å². The molecule has 0 aliphatic carbocycles. The molecule has 1 aromatic heterocycles. The number of para-hydroxylation sites is 1. The van der Waals surface area contributed by atoms with Crippen LogP contribution in [0.2, 0.25) is 0 Å². The number of carbonyl (C=O) groups excluding carboxylic acids is 1. The highest BCUT2D eigenvalue weighted by Crippen LogP contribution is 2.23. The molecular formula is C18H19N3O. The number of fused-ring (bicyclic) bond motifs is 1. The van der Waals surface area contributed by atoms with Crippen molar-refractivity contribution in [2.24, 2.45) is 0 Å². The molecule has 22 heavy (non-hydrogen) atoms. The van der Waals surface area contributed by atoms with Crippen LogP contribution in [-0.4, -0.2) is 28.5 Å². The zero-order chi connectivity index (χ0) is 15.4. The minimum Gasteiger partial charge on any atom is -0.346 e. The highest BCUT2D eigenvalue weighted by molar-refractivity contribution is 5.96. The Morgan fingerprint density at radius 3 is 2.82 bits per heavy atom. The third-order valence-electron chi connectivity index (χ3n) is 4.11. The topological polar surface area (TPSA) is 49.0 Å². The Balaban J connectivity index is 1.86. The van der Waals surface area contributed by atoms with Crippen LogP contribution in [0.1, 0.15) is 24.8 Å². The van der Waals surface area contributed by atoms with E-state index in [1.807, 2.05) is 35.4 Å². The van der Waals surface area contributed by atoms with Crippen molar-refractivity contribution in [1.82, 2.24) is 9.47 Å². The number of nitrogens with zero attached hydrogens (tertiary/aromatic N) is 3. The molecule has 1 aliphatic rings. The van der Waals surface area contributed by atoms with Crippen molar-refractivity contribution in [2.45, 2.75) is 25.8 Å².